The van der Waals surface area contributed by atoms with E-state index >= 15 is 0 Å². The minimum absolute atomic E-state index is 1.29. The van der Waals surface area contributed by atoms with Gasteiger partial charge in [0.25, 0.3) is 0 Å². The molecule has 15 heavy (non-hydrogen) atoms. The topological polar surface area (TPSA) is 8.88 Å². The molecule has 92 valence electrons. The predicted molar refractivity (Wildman–Crippen MR) is 67.7 cm³/mol. The summed E-state index contributed by atoms with van der Waals surface area (Å²) < 4.78 is 0. The summed E-state index contributed by atoms with van der Waals surface area (Å²) in [4.78, 5) is 3.51. The SMILES string of the molecule is CC[NH+](CC)CCCCC[NH+](CC)CC. The lowest BCUT2D eigenvalue weighted by Crippen LogP contribution is -3.11. The monoisotopic (exact) mass is 216 g/mol. The van der Waals surface area contributed by atoms with Gasteiger partial charge in [-0.2, -0.15) is 0 Å². The first-order valence-corrected chi connectivity index (χ1v) is 6.95. The van der Waals surface area contributed by atoms with Crippen LogP contribution in [-0.2, 0) is 0 Å². The van der Waals surface area contributed by atoms with Crippen LogP contribution < -0.4 is 9.80 Å². The minimum Gasteiger partial charge on any atom is -0.335 e. The molecule has 0 aliphatic heterocycles. The quantitative estimate of drug-likeness (QED) is 0.476. The third-order valence-corrected chi connectivity index (χ3v) is 3.56. The van der Waals surface area contributed by atoms with E-state index in [0.717, 1.165) is 0 Å². The van der Waals surface area contributed by atoms with Crippen molar-refractivity contribution < 1.29 is 9.80 Å². The van der Waals surface area contributed by atoms with Crippen molar-refractivity contribution in [3.05, 3.63) is 0 Å². The van der Waals surface area contributed by atoms with Gasteiger partial charge in [-0.05, 0) is 47.0 Å². The second kappa shape index (κ2) is 10.4. The highest BCUT2D eigenvalue weighted by atomic mass is 15.1. The van der Waals surface area contributed by atoms with Gasteiger partial charge in [0.05, 0.1) is 39.3 Å². The summed E-state index contributed by atoms with van der Waals surface area (Å²) in [6.07, 6.45) is 4.25. The molecule has 0 aromatic heterocycles. The lowest BCUT2D eigenvalue weighted by Gasteiger charge is -2.16. The first-order valence-electron chi connectivity index (χ1n) is 6.95. The van der Waals surface area contributed by atoms with E-state index in [9.17, 15) is 0 Å². The molecular formula is C13H32N2+2. The van der Waals surface area contributed by atoms with E-state index in [2.05, 4.69) is 27.7 Å². The van der Waals surface area contributed by atoms with E-state index < -0.39 is 0 Å². The molecule has 0 radical (unpaired) electrons. The average Bonchev–Trinajstić information content (AvgIpc) is 2.29. The standard InChI is InChI=1S/C13H30N2/c1-5-14(6-2)12-10-9-11-13-15(7-3)8-4/h5-13H2,1-4H3/p+2. The fraction of sp³-hybridized carbons (Fsp3) is 1.00. The Labute approximate surface area is 96.6 Å². The zero-order valence-electron chi connectivity index (χ0n) is 11.4. The molecule has 0 aliphatic rings. The molecule has 0 atom stereocenters. The Hall–Kier alpha value is -0.0800. The van der Waals surface area contributed by atoms with E-state index in [4.69, 9.17) is 0 Å². The number of rotatable bonds is 10. The lowest BCUT2D eigenvalue weighted by molar-refractivity contribution is -0.898. The van der Waals surface area contributed by atoms with Crippen LogP contribution in [0.25, 0.3) is 0 Å². The first-order chi connectivity index (χ1) is 7.28. The van der Waals surface area contributed by atoms with Crippen LogP contribution >= 0.6 is 0 Å². The van der Waals surface area contributed by atoms with Gasteiger partial charge in [0, 0.05) is 0 Å². The molecule has 0 saturated heterocycles. The third-order valence-electron chi connectivity index (χ3n) is 3.56. The van der Waals surface area contributed by atoms with Crippen LogP contribution in [0, 0.1) is 0 Å². The summed E-state index contributed by atoms with van der Waals surface area (Å²) in [5.74, 6) is 0. The summed E-state index contributed by atoms with van der Waals surface area (Å²) in [5, 5.41) is 0. The molecule has 0 spiro atoms. The summed E-state index contributed by atoms with van der Waals surface area (Å²) in [6.45, 7) is 17.1. The van der Waals surface area contributed by atoms with Gasteiger partial charge in [0.15, 0.2) is 0 Å². The van der Waals surface area contributed by atoms with Gasteiger partial charge in [-0.1, -0.05) is 0 Å². The Morgan fingerprint density at radius 2 is 0.867 bits per heavy atom. The van der Waals surface area contributed by atoms with Gasteiger partial charge in [-0.3, -0.25) is 0 Å². The number of nitrogens with one attached hydrogen (secondary N) is 2. The maximum Gasteiger partial charge on any atom is 0.0770 e. The predicted octanol–water partition coefficient (Wildman–Crippen LogP) is 0.00610. The Balaban J connectivity index is 3.30. The maximum absolute atomic E-state index is 2.29. The molecule has 0 rings (SSSR count). The molecule has 2 nitrogen and oxygen atoms in total. The highest BCUT2D eigenvalue weighted by molar-refractivity contribution is 4.39. The highest BCUT2D eigenvalue weighted by Gasteiger charge is 2.04. The third kappa shape index (κ3) is 7.80. The second-order valence-electron chi connectivity index (χ2n) is 4.47. The Morgan fingerprint density at radius 3 is 1.13 bits per heavy atom. The van der Waals surface area contributed by atoms with Crippen molar-refractivity contribution >= 4 is 0 Å². The summed E-state index contributed by atoms with van der Waals surface area (Å²) in [6, 6.07) is 0. The molecule has 0 unspecified atom stereocenters. The molecule has 0 saturated carbocycles. The van der Waals surface area contributed by atoms with E-state index in [1.54, 1.807) is 9.80 Å². The number of quaternary nitrogens is 2. The largest absolute Gasteiger partial charge is 0.335 e. The van der Waals surface area contributed by atoms with Crippen LogP contribution in [0.15, 0.2) is 0 Å². The minimum atomic E-state index is 1.29. The zero-order valence-corrected chi connectivity index (χ0v) is 11.4. The van der Waals surface area contributed by atoms with Gasteiger partial charge in [-0.25, -0.2) is 0 Å². The van der Waals surface area contributed by atoms with Crippen molar-refractivity contribution in [2.45, 2.75) is 47.0 Å². The molecule has 2 heteroatoms. The molecule has 0 bridgehead atoms. The Morgan fingerprint density at radius 1 is 0.533 bits per heavy atom. The van der Waals surface area contributed by atoms with Crippen LogP contribution in [-0.4, -0.2) is 39.3 Å². The van der Waals surface area contributed by atoms with Crippen LogP contribution in [0.2, 0.25) is 0 Å². The lowest BCUT2D eigenvalue weighted by atomic mass is 10.2. The average molecular weight is 216 g/mol. The first kappa shape index (κ1) is 14.9. The van der Waals surface area contributed by atoms with Gasteiger partial charge in [-0.15, -0.1) is 0 Å². The fourth-order valence-electron chi connectivity index (χ4n) is 2.13. The van der Waals surface area contributed by atoms with Gasteiger partial charge in [0.1, 0.15) is 0 Å². The maximum atomic E-state index is 2.29. The van der Waals surface area contributed by atoms with Crippen LogP contribution in [0.1, 0.15) is 47.0 Å². The molecule has 2 N–H and O–H groups in total. The molecule has 0 fully saturated rings. The van der Waals surface area contributed by atoms with E-state index in [0.29, 0.717) is 0 Å². The normalized spacial score (nSPS) is 11.6. The zero-order chi connectivity index (χ0) is 11.5. The molecule has 0 aliphatic carbocycles. The summed E-state index contributed by atoms with van der Waals surface area (Å²) in [5.41, 5.74) is 0. The van der Waals surface area contributed by atoms with Crippen molar-refractivity contribution in [2.24, 2.45) is 0 Å². The van der Waals surface area contributed by atoms with Crippen molar-refractivity contribution in [1.82, 2.24) is 0 Å². The second-order valence-corrected chi connectivity index (χ2v) is 4.47. The smallest absolute Gasteiger partial charge is 0.0770 e. The Kier molecular flexibility index (Phi) is 10.4. The van der Waals surface area contributed by atoms with Crippen molar-refractivity contribution in [3.63, 3.8) is 0 Å². The van der Waals surface area contributed by atoms with Gasteiger partial charge >= 0.3 is 0 Å². The van der Waals surface area contributed by atoms with E-state index in [1.165, 1.54) is 58.5 Å². The van der Waals surface area contributed by atoms with Crippen molar-refractivity contribution in [3.8, 4) is 0 Å². The van der Waals surface area contributed by atoms with Crippen LogP contribution in [0.3, 0.4) is 0 Å². The highest BCUT2D eigenvalue weighted by Crippen LogP contribution is 1.89. The molecule has 0 amide bonds. The fourth-order valence-corrected chi connectivity index (χ4v) is 2.13. The molecule has 0 heterocycles. The number of unbranched alkanes of at least 4 members (excludes halogenated alkanes) is 2. The van der Waals surface area contributed by atoms with E-state index in [-0.39, 0.29) is 0 Å². The van der Waals surface area contributed by atoms with E-state index in [1.807, 2.05) is 0 Å². The van der Waals surface area contributed by atoms with Crippen molar-refractivity contribution in [1.29, 1.82) is 0 Å². The summed E-state index contributed by atoms with van der Waals surface area (Å²) in [7, 11) is 0. The summed E-state index contributed by atoms with van der Waals surface area (Å²) >= 11 is 0. The number of hydrogen-bond donors (Lipinski definition) is 2. The van der Waals surface area contributed by atoms with Crippen LogP contribution in [0.4, 0.5) is 0 Å². The van der Waals surface area contributed by atoms with Crippen molar-refractivity contribution in [2.75, 3.05) is 39.3 Å². The van der Waals surface area contributed by atoms with Crippen LogP contribution in [0.5, 0.6) is 0 Å². The Bertz CT molecular complexity index is 104. The molecule has 0 aromatic rings. The van der Waals surface area contributed by atoms with Gasteiger partial charge < -0.3 is 9.80 Å². The molecule has 0 aromatic carbocycles. The molecular weight excluding hydrogens is 184 g/mol. The van der Waals surface area contributed by atoms with Gasteiger partial charge in [0.2, 0.25) is 0 Å². The number of hydrogen-bond acceptors (Lipinski definition) is 0.